The molecule has 0 radical (unpaired) electrons. The summed E-state index contributed by atoms with van der Waals surface area (Å²) in [6.07, 6.45) is 5.60. The molecular weight excluding hydrogens is 260 g/mol. The lowest BCUT2D eigenvalue weighted by atomic mass is 9.97. The van der Waals surface area contributed by atoms with Crippen LogP contribution < -0.4 is 5.32 Å². The van der Waals surface area contributed by atoms with Gasteiger partial charge in [-0.1, -0.05) is 6.92 Å². The molecule has 0 bridgehead atoms. The van der Waals surface area contributed by atoms with Crippen molar-refractivity contribution in [1.82, 2.24) is 15.1 Å². The van der Waals surface area contributed by atoms with Crippen LogP contribution in [0, 0.1) is 11.3 Å². The molecule has 1 saturated heterocycles. The van der Waals surface area contributed by atoms with E-state index >= 15 is 0 Å². The molecule has 1 heterocycles. The highest BCUT2D eigenvalue weighted by Crippen LogP contribution is 2.35. The lowest BCUT2D eigenvalue weighted by Crippen LogP contribution is -2.49. The summed E-state index contributed by atoms with van der Waals surface area (Å²) in [4.78, 5) is 5.18. The van der Waals surface area contributed by atoms with Gasteiger partial charge in [-0.25, -0.2) is 0 Å². The number of hydrogen-bond donors (Lipinski definition) is 1. The van der Waals surface area contributed by atoms with Gasteiger partial charge in [-0.2, -0.15) is 5.26 Å². The minimum atomic E-state index is -0.296. The summed E-state index contributed by atoms with van der Waals surface area (Å²) in [5.41, 5.74) is -0.296. The Bertz CT molecular complexity index is 375. The topological polar surface area (TPSA) is 42.3 Å². The number of nitriles is 1. The van der Waals surface area contributed by atoms with Crippen LogP contribution in [0.5, 0.6) is 0 Å². The van der Waals surface area contributed by atoms with E-state index in [2.05, 4.69) is 49.0 Å². The van der Waals surface area contributed by atoms with Crippen LogP contribution in [-0.2, 0) is 0 Å². The Morgan fingerprint density at radius 1 is 1.38 bits per heavy atom. The van der Waals surface area contributed by atoms with E-state index in [-0.39, 0.29) is 5.54 Å². The fraction of sp³-hybridized carbons (Fsp3) is 0.941. The predicted octanol–water partition coefficient (Wildman–Crippen LogP) is 2.22. The summed E-state index contributed by atoms with van der Waals surface area (Å²) in [6, 6.07) is 4.19. The summed E-state index contributed by atoms with van der Waals surface area (Å²) >= 11 is 0. The van der Waals surface area contributed by atoms with Crippen LogP contribution in [0.1, 0.15) is 52.9 Å². The van der Waals surface area contributed by atoms with Crippen LogP contribution in [0.4, 0.5) is 0 Å². The normalized spacial score (nSPS) is 35.8. The van der Waals surface area contributed by atoms with Gasteiger partial charge >= 0.3 is 0 Å². The van der Waals surface area contributed by atoms with Crippen molar-refractivity contribution in [2.24, 2.45) is 0 Å². The van der Waals surface area contributed by atoms with Crippen LogP contribution in [0.3, 0.4) is 0 Å². The van der Waals surface area contributed by atoms with E-state index in [1.807, 2.05) is 0 Å². The molecule has 1 aliphatic carbocycles. The summed E-state index contributed by atoms with van der Waals surface area (Å²) in [7, 11) is 2.24. The molecule has 0 spiro atoms. The first-order valence-electron chi connectivity index (χ1n) is 8.63. The van der Waals surface area contributed by atoms with Gasteiger partial charge in [-0.3, -0.25) is 10.2 Å². The lowest BCUT2D eigenvalue weighted by Gasteiger charge is -2.36. The van der Waals surface area contributed by atoms with E-state index in [1.54, 1.807) is 0 Å². The first-order valence-corrected chi connectivity index (χ1v) is 8.63. The Balaban J connectivity index is 2.06. The SMILES string of the molecule is CCC1CN(C)CCCN1C1CCC(C#N)(NC(C)C)C1. The third-order valence-corrected chi connectivity index (χ3v) is 5.16. The Labute approximate surface area is 130 Å². The minimum absolute atomic E-state index is 0.296. The molecule has 4 nitrogen and oxygen atoms in total. The fourth-order valence-electron chi connectivity index (χ4n) is 4.23. The van der Waals surface area contributed by atoms with Crippen molar-refractivity contribution in [2.45, 2.75) is 76.5 Å². The second-order valence-electron chi connectivity index (χ2n) is 7.31. The Morgan fingerprint density at radius 3 is 2.76 bits per heavy atom. The van der Waals surface area contributed by atoms with E-state index in [0.29, 0.717) is 18.1 Å². The van der Waals surface area contributed by atoms with Crippen molar-refractivity contribution in [1.29, 1.82) is 5.26 Å². The lowest BCUT2D eigenvalue weighted by molar-refractivity contribution is 0.125. The number of nitrogens with zero attached hydrogens (tertiary/aromatic N) is 3. The third-order valence-electron chi connectivity index (χ3n) is 5.16. The molecule has 21 heavy (non-hydrogen) atoms. The standard InChI is InChI=1S/C17H32N4/c1-5-15-12-20(4)9-6-10-21(15)16-7-8-17(11-16,13-18)19-14(2)3/h14-16,19H,5-12H2,1-4H3. The summed E-state index contributed by atoms with van der Waals surface area (Å²) in [5.74, 6) is 0. The van der Waals surface area contributed by atoms with E-state index in [0.717, 1.165) is 19.3 Å². The molecule has 2 fully saturated rings. The average molecular weight is 292 g/mol. The van der Waals surface area contributed by atoms with Crippen molar-refractivity contribution in [2.75, 3.05) is 26.7 Å². The van der Waals surface area contributed by atoms with Crippen LogP contribution in [0.2, 0.25) is 0 Å². The predicted molar refractivity (Wildman–Crippen MR) is 87.2 cm³/mol. The fourth-order valence-corrected chi connectivity index (χ4v) is 4.23. The van der Waals surface area contributed by atoms with Crippen LogP contribution >= 0.6 is 0 Å². The van der Waals surface area contributed by atoms with E-state index in [9.17, 15) is 5.26 Å². The molecule has 3 unspecified atom stereocenters. The first kappa shape index (κ1) is 16.7. The van der Waals surface area contributed by atoms with Gasteiger partial charge in [-0.15, -0.1) is 0 Å². The van der Waals surface area contributed by atoms with E-state index in [1.165, 1.54) is 32.5 Å². The highest BCUT2D eigenvalue weighted by molar-refractivity contribution is 5.14. The molecule has 0 amide bonds. The molecule has 1 N–H and O–H groups in total. The molecule has 120 valence electrons. The number of rotatable bonds is 4. The molecule has 2 rings (SSSR count). The van der Waals surface area contributed by atoms with Crippen LogP contribution in [0.15, 0.2) is 0 Å². The highest BCUT2D eigenvalue weighted by Gasteiger charge is 2.43. The monoisotopic (exact) mass is 292 g/mol. The molecule has 3 atom stereocenters. The van der Waals surface area contributed by atoms with E-state index in [4.69, 9.17) is 0 Å². The zero-order chi connectivity index (χ0) is 15.5. The molecule has 0 aromatic heterocycles. The second-order valence-corrected chi connectivity index (χ2v) is 7.31. The van der Waals surface area contributed by atoms with Gasteiger partial charge in [0, 0.05) is 24.7 Å². The van der Waals surface area contributed by atoms with Gasteiger partial charge in [0.05, 0.1) is 6.07 Å². The van der Waals surface area contributed by atoms with Crippen LogP contribution in [0.25, 0.3) is 0 Å². The molecule has 1 saturated carbocycles. The Kier molecular flexibility index (Phi) is 5.65. The van der Waals surface area contributed by atoms with Gasteiger partial charge in [0.1, 0.15) is 5.54 Å². The maximum absolute atomic E-state index is 9.66. The highest BCUT2D eigenvalue weighted by atomic mass is 15.3. The second kappa shape index (κ2) is 7.09. The van der Waals surface area contributed by atoms with Crippen molar-refractivity contribution in [3.05, 3.63) is 0 Å². The summed E-state index contributed by atoms with van der Waals surface area (Å²) < 4.78 is 0. The smallest absolute Gasteiger partial charge is 0.108 e. The van der Waals surface area contributed by atoms with Crippen molar-refractivity contribution < 1.29 is 0 Å². The molecule has 0 aromatic rings. The Morgan fingerprint density at radius 2 is 2.14 bits per heavy atom. The molecule has 2 aliphatic rings. The molecule has 4 heteroatoms. The molecule has 0 aromatic carbocycles. The quantitative estimate of drug-likeness (QED) is 0.863. The molecular formula is C17H32N4. The van der Waals surface area contributed by atoms with Crippen LogP contribution in [-0.4, -0.2) is 60.1 Å². The maximum atomic E-state index is 9.66. The number of likely N-dealkylation sites (N-methyl/N-ethyl adjacent to an activating group) is 1. The van der Waals surface area contributed by atoms with E-state index < -0.39 is 0 Å². The number of hydrogen-bond acceptors (Lipinski definition) is 4. The zero-order valence-corrected chi connectivity index (χ0v) is 14.2. The largest absolute Gasteiger partial charge is 0.305 e. The van der Waals surface area contributed by atoms with Gasteiger partial charge < -0.3 is 4.90 Å². The Hall–Kier alpha value is -0.630. The van der Waals surface area contributed by atoms with Gasteiger partial charge in [0.2, 0.25) is 0 Å². The average Bonchev–Trinajstić information content (AvgIpc) is 2.75. The van der Waals surface area contributed by atoms with Gasteiger partial charge in [-0.05, 0) is 66.1 Å². The van der Waals surface area contributed by atoms with Crippen molar-refractivity contribution in [3.63, 3.8) is 0 Å². The van der Waals surface area contributed by atoms with Crippen molar-refractivity contribution in [3.8, 4) is 6.07 Å². The zero-order valence-electron chi connectivity index (χ0n) is 14.2. The number of nitrogens with one attached hydrogen (secondary N) is 1. The van der Waals surface area contributed by atoms with Gasteiger partial charge in [0.25, 0.3) is 0 Å². The summed E-state index contributed by atoms with van der Waals surface area (Å²) in [6.45, 7) is 10.1. The third kappa shape index (κ3) is 3.97. The maximum Gasteiger partial charge on any atom is 0.108 e. The summed E-state index contributed by atoms with van der Waals surface area (Å²) in [5, 5.41) is 13.2. The molecule has 1 aliphatic heterocycles. The van der Waals surface area contributed by atoms with Crippen molar-refractivity contribution >= 4 is 0 Å². The minimum Gasteiger partial charge on any atom is -0.305 e. The first-order chi connectivity index (χ1) is 9.99. The van der Waals surface area contributed by atoms with Gasteiger partial charge in [0.15, 0.2) is 0 Å².